The van der Waals surface area contributed by atoms with Gasteiger partial charge in [-0.05, 0) is 25.3 Å². The van der Waals surface area contributed by atoms with Crippen molar-refractivity contribution in [2.45, 2.75) is 40.7 Å². The molecule has 0 aliphatic heterocycles. The van der Waals surface area contributed by atoms with Crippen LogP contribution in [0, 0.1) is 12.3 Å². The fraction of sp³-hybridized carbons (Fsp3) is 0.538. The third-order valence-corrected chi connectivity index (χ3v) is 2.96. The first-order valence-corrected chi connectivity index (χ1v) is 5.75. The maximum absolute atomic E-state index is 12.0. The summed E-state index contributed by atoms with van der Waals surface area (Å²) in [6.07, 6.45) is 1.52. The fourth-order valence-electron chi connectivity index (χ4n) is 1.26. The van der Waals surface area contributed by atoms with Crippen LogP contribution in [0.2, 0.25) is 0 Å². The molecule has 3 N–H and O–H groups in total. The van der Waals surface area contributed by atoms with Crippen LogP contribution in [0.3, 0.4) is 0 Å². The Morgan fingerprint density at radius 2 is 2.06 bits per heavy atom. The van der Waals surface area contributed by atoms with Gasteiger partial charge in [0.2, 0.25) is 0 Å². The van der Waals surface area contributed by atoms with Gasteiger partial charge in [0.15, 0.2) is 0 Å². The summed E-state index contributed by atoms with van der Waals surface area (Å²) in [5, 5.41) is 2.94. The Labute approximate surface area is 103 Å². The molecule has 17 heavy (non-hydrogen) atoms. The normalized spacial score (nSPS) is 13.2. The van der Waals surface area contributed by atoms with Crippen molar-refractivity contribution in [2.24, 2.45) is 5.41 Å². The summed E-state index contributed by atoms with van der Waals surface area (Å²) in [4.78, 5) is 16.1. The van der Waals surface area contributed by atoms with Crippen LogP contribution in [0.4, 0.5) is 5.69 Å². The molecule has 1 rings (SSSR count). The summed E-state index contributed by atoms with van der Waals surface area (Å²) >= 11 is 0. The van der Waals surface area contributed by atoms with Crippen molar-refractivity contribution >= 4 is 11.6 Å². The van der Waals surface area contributed by atoms with Crippen molar-refractivity contribution in [3.63, 3.8) is 0 Å². The molecule has 0 aliphatic carbocycles. The average Bonchev–Trinajstić information content (AvgIpc) is 2.15. The van der Waals surface area contributed by atoms with E-state index in [0.717, 1.165) is 5.69 Å². The van der Waals surface area contributed by atoms with Crippen LogP contribution in [-0.4, -0.2) is 16.9 Å². The second-order valence-corrected chi connectivity index (χ2v) is 5.47. The second-order valence-electron chi connectivity index (χ2n) is 5.47. The van der Waals surface area contributed by atoms with E-state index >= 15 is 0 Å². The number of nitrogen functional groups attached to an aromatic ring is 1. The third-order valence-electron chi connectivity index (χ3n) is 2.96. The smallest absolute Gasteiger partial charge is 0.255 e. The minimum absolute atomic E-state index is 0.0164. The number of pyridine rings is 1. The lowest BCUT2D eigenvalue weighted by Gasteiger charge is -2.28. The predicted molar refractivity (Wildman–Crippen MR) is 69.8 cm³/mol. The summed E-state index contributed by atoms with van der Waals surface area (Å²) in [5.74, 6) is -0.169. The highest BCUT2D eigenvalue weighted by Crippen LogP contribution is 2.19. The molecule has 1 aromatic heterocycles. The molecular formula is C13H21N3O. The first-order chi connectivity index (χ1) is 7.71. The number of nitrogens with zero attached hydrogens (tertiary/aromatic N) is 1. The molecule has 1 atom stereocenters. The minimum Gasteiger partial charge on any atom is -0.398 e. The summed E-state index contributed by atoms with van der Waals surface area (Å²) in [7, 11) is 0. The van der Waals surface area contributed by atoms with Gasteiger partial charge in [-0.2, -0.15) is 0 Å². The molecule has 0 saturated heterocycles. The van der Waals surface area contributed by atoms with Crippen molar-refractivity contribution in [3.8, 4) is 0 Å². The Hall–Kier alpha value is -1.58. The van der Waals surface area contributed by atoms with E-state index < -0.39 is 0 Å². The zero-order valence-electron chi connectivity index (χ0n) is 11.2. The molecule has 0 bridgehead atoms. The van der Waals surface area contributed by atoms with Gasteiger partial charge in [0, 0.05) is 23.6 Å². The van der Waals surface area contributed by atoms with Crippen molar-refractivity contribution in [2.75, 3.05) is 5.73 Å². The van der Waals surface area contributed by atoms with Gasteiger partial charge < -0.3 is 11.1 Å². The summed E-state index contributed by atoms with van der Waals surface area (Å²) in [6, 6.07) is 1.77. The number of nitrogens with one attached hydrogen (secondary N) is 1. The Morgan fingerprint density at radius 3 is 2.53 bits per heavy atom. The van der Waals surface area contributed by atoms with Crippen LogP contribution in [0.25, 0.3) is 0 Å². The number of rotatable bonds is 2. The van der Waals surface area contributed by atoms with Crippen molar-refractivity contribution in [1.29, 1.82) is 0 Å². The van der Waals surface area contributed by atoms with Gasteiger partial charge in [-0.15, -0.1) is 0 Å². The van der Waals surface area contributed by atoms with E-state index in [0.29, 0.717) is 11.3 Å². The standard InChI is InChI=1S/C13H21N3O/c1-8-6-11(14)10(7-15-8)12(17)16-9(2)13(3,4)5/h6-7,9H,1-5H3,(H2,14,15)(H,16,17). The highest BCUT2D eigenvalue weighted by atomic mass is 16.1. The van der Waals surface area contributed by atoms with Gasteiger partial charge in [-0.3, -0.25) is 9.78 Å². The van der Waals surface area contributed by atoms with Crippen LogP contribution in [-0.2, 0) is 0 Å². The summed E-state index contributed by atoms with van der Waals surface area (Å²) in [6.45, 7) is 10.1. The summed E-state index contributed by atoms with van der Waals surface area (Å²) < 4.78 is 0. The second kappa shape index (κ2) is 4.73. The number of hydrogen-bond donors (Lipinski definition) is 2. The number of carbonyl (C=O) groups is 1. The topological polar surface area (TPSA) is 68.0 Å². The lowest BCUT2D eigenvalue weighted by Crippen LogP contribution is -2.41. The quantitative estimate of drug-likeness (QED) is 0.825. The zero-order valence-corrected chi connectivity index (χ0v) is 11.2. The van der Waals surface area contributed by atoms with E-state index in [1.165, 1.54) is 6.20 Å². The van der Waals surface area contributed by atoms with E-state index in [1.54, 1.807) is 6.07 Å². The molecule has 94 valence electrons. The van der Waals surface area contributed by atoms with Gasteiger partial charge in [0.25, 0.3) is 5.91 Å². The van der Waals surface area contributed by atoms with Crippen molar-refractivity contribution in [3.05, 3.63) is 23.5 Å². The number of anilines is 1. The third kappa shape index (κ3) is 3.44. The SMILES string of the molecule is Cc1cc(N)c(C(=O)NC(C)C(C)(C)C)cn1. The van der Waals surface area contributed by atoms with E-state index in [2.05, 4.69) is 31.1 Å². The maximum atomic E-state index is 12.0. The molecule has 0 saturated carbocycles. The van der Waals surface area contributed by atoms with Crippen molar-refractivity contribution < 1.29 is 4.79 Å². The first kappa shape index (κ1) is 13.5. The van der Waals surface area contributed by atoms with Crippen LogP contribution in [0.1, 0.15) is 43.7 Å². The van der Waals surface area contributed by atoms with E-state index in [4.69, 9.17) is 5.73 Å². The molecule has 0 fully saturated rings. The minimum atomic E-state index is -0.169. The number of nitrogens with two attached hydrogens (primary N) is 1. The van der Waals surface area contributed by atoms with Crippen LogP contribution < -0.4 is 11.1 Å². The van der Waals surface area contributed by atoms with Gasteiger partial charge in [0.05, 0.1) is 5.56 Å². The monoisotopic (exact) mass is 235 g/mol. The Bertz CT molecular complexity index is 421. The molecule has 1 unspecified atom stereocenters. The van der Waals surface area contributed by atoms with Crippen LogP contribution in [0.15, 0.2) is 12.3 Å². The highest BCUT2D eigenvalue weighted by Gasteiger charge is 2.22. The molecule has 4 heteroatoms. The first-order valence-electron chi connectivity index (χ1n) is 5.75. The van der Waals surface area contributed by atoms with Crippen LogP contribution in [0.5, 0.6) is 0 Å². The van der Waals surface area contributed by atoms with Crippen molar-refractivity contribution in [1.82, 2.24) is 10.3 Å². The Morgan fingerprint density at radius 1 is 1.47 bits per heavy atom. The van der Waals surface area contributed by atoms with E-state index in [-0.39, 0.29) is 17.4 Å². The van der Waals surface area contributed by atoms with Gasteiger partial charge in [-0.25, -0.2) is 0 Å². The zero-order chi connectivity index (χ0) is 13.2. The summed E-state index contributed by atoms with van der Waals surface area (Å²) in [5.41, 5.74) is 7.54. The number of amides is 1. The van der Waals surface area contributed by atoms with Crippen LogP contribution >= 0.6 is 0 Å². The Balaban J connectivity index is 2.84. The maximum Gasteiger partial charge on any atom is 0.255 e. The van der Waals surface area contributed by atoms with Gasteiger partial charge >= 0.3 is 0 Å². The van der Waals surface area contributed by atoms with Gasteiger partial charge in [0.1, 0.15) is 0 Å². The lowest BCUT2D eigenvalue weighted by molar-refractivity contribution is 0.0910. The fourth-order valence-corrected chi connectivity index (χ4v) is 1.26. The molecule has 0 aromatic carbocycles. The molecule has 1 aromatic rings. The number of carbonyl (C=O) groups excluding carboxylic acids is 1. The predicted octanol–water partition coefficient (Wildman–Crippen LogP) is 2.14. The highest BCUT2D eigenvalue weighted by molar-refractivity contribution is 5.99. The number of aromatic nitrogens is 1. The van der Waals surface area contributed by atoms with E-state index in [1.807, 2.05) is 13.8 Å². The largest absolute Gasteiger partial charge is 0.398 e. The number of hydrogen-bond acceptors (Lipinski definition) is 3. The average molecular weight is 235 g/mol. The molecule has 4 nitrogen and oxygen atoms in total. The molecule has 0 radical (unpaired) electrons. The lowest BCUT2D eigenvalue weighted by atomic mass is 9.88. The molecule has 1 heterocycles. The number of aryl methyl sites for hydroxylation is 1. The van der Waals surface area contributed by atoms with Gasteiger partial charge in [-0.1, -0.05) is 20.8 Å². The molecular weight excluding hydrogens is 214 g/mol. The Kier molecular flexibility index (Phi) is 3.76. The van der Waals surface area contributed by atoms with E-state index in [9.17, 15) is 4.79 Å². The molecule has 0 spiro atoms. The molecule has 1 amide bonds. The molecule has 0 aliphatic rings.